The molecule has 0 amide bonds. The molecule has 0 saturated carbocycles. The van der Waals surface area contributed by atoms with Crippen molar-refractivity contribution in [2.24, 2.45) is 10.9 Å². The fourth-order valence-corrected chi connectivity index (χ4v) is 3.20. The smallest absolute Gasteiger partial charge is 0.191 e. The quantitative estimate of drug-likeness (QED) is 0.493. The van der Waals surface area contributed by atoms with E-state index in [1.807, 2.05) is 31.2 Å². The molecule has 1 aliphatic rings. The minimum atomic E-state index is 0.0259. The molecule has 2 unspecified atom stereocenters. The molecule has 1 aliphatic heterocycles. The van der Waals surface area contributed by atoms with E-state index in [0.29, 0.717) is 12.5 Å². The second-order valence-corrected chi connectivity index (χ2v) is 7.57. The van der Waals surface area contributed by atoms with Gasteiger partial charge in [-0.25, -0.2) is 0 Å². The van der Waals surface area contributed by atoms with Crippen molar-refractivity contribution < 1.29 is 9.47 Å². The minimum absolute atomic E-state index is 0.0259. The zero-order valence-corrected chi connectivity index (χ0v) is 17.6. The maximum absolute atomic E-state index is 5.96. The second-order valence-electron chi connectivity index (χ2n) is 6.71. The molecular weight excluding hydrogens is 396 g/mol. The van der Waals surface area contributed by atoms with Crippen molar-refractivity contribution in [3.05, 3.63) is 28.7 Å². The number of nitrogens with zero attached hydrogens (tertiary/aromatic N) is 2. The van der Waals surface area contributed by atoms with Crippen LogP contribution in [-0.4, -0.2) is 69.9 Å². The fourth-order valence-electron chi connectivity index (χ4n) is 2.82. The summed E-state index contributed by atoms with van der Waals surface area (Å²) in [6, 6.07) is 7.88. The summed E-state index contributed by atoms with van der Waals surface area (Å²) in [5, 5.41) is 6.74. The lowest BCUT2D eigenvalue weighted by Crippen LogP contribution is -2.45. The van der Waals surface area contributed by atoms with Gasteiger partial charge < -0.3 is 20.1 Å². The number of guanidine groups is 1. The highest BCUT2D eigenvalue weighted by Crippen LogP contribution is 2.24. The van der Waals surface area contributed by atoms with Crippen molar-refractivity contribution in [3.63, 3.8) is 0 Å². The lowest BCUT2D eigenvalue weighted by atomic mass is 10.1. The molecule has 2 N–H and O–H groups in total. The van der Waals surface area contributed by atoms with E-state index in [2.05, 4.69) is 43.4 Å². The van der Waals surface area contributed by atoms with Crippen molar-refractivity contribution >= 4 is 21.9 Å². The van der Waals surface area contributed by atoms with Crippen LogP contribution in [0.4, 0.5) is 0 Å². The molecule has 2 atom stereocenters. The van der Waals surface area contributed by atoms with Crippen molar-refractivity contribution in [2.45, 2.75) is 20.0 Å². The Morgan fingerprint density at radius 3 is 2.62 bits per heavy atom. The maximum atomic E-state index is 5.96. The molecule has 1 aromatic rings. The zero-order chi connectivity index (χ0) is 18.8. The maximum Gasteiger partial charge on any atom is 0.191 e. The van der Waals surface area contributed by atoms with Gasteiger partial charge in [0.15, 0.2) is 5.96 Å². The van der Waals surface area contributed by atoms with Crippen LogP contribution in [0.2, 0.25) is 0 Å². The average molecular weight is 427 g/mol. The van der Waals surface area contributed by atoms with Crippen LogP contribution in [0, 0.1) is 5.92 Å². The molecule has 0 bridgehead atoms. The van der Waals surface area contributed by atoms with Gasteiger partial charge in [-0.3, -0.25) is 9.89 Å². The largest absolute Gasteiger partial charge is 0.488 e. The molecule has 1 heterocycles. The molecule has 146 valence electrons. The molecule has 26 heavy (non-hydrogen) atoms. The molecule has 0 spiro atoms. The summed E-state index contributed by atoms with van der Waals surface area (Å²) in [6.45, 7) is 10.7. The van der Waals surface area contributed by atoms with Crippen molar-refractivity contribution in [1.29, 1.82) is 0 Å². The monoisotopic (exact) mass is 426 g/mol. The second kappa shape index (κ2) is 11.4. The predicted octanol–water partition coefficient (Wildman–Crippen LogP) is 2.35. The third-order valence-corrected chi connectivity index (χ3v) is 4.89. The SMILES string of the molecule is CN=C(NCC(C)CN1CCOCC1)NCC(C)Oc1ccccc1Br. The lowest BCUT2D eigenvalue weighted by Gasteiger charge is -2.29. The highest BCUT2D eigenvalue weighted by atomic mass is 79.9. The van der Waals surface area contributed by atoms with E-state index in [0.717, 1.165) is 55.6 Å². The first-order valence-electron chi connectivity index (χ1n) is 9.24. The van der Waals surface area contributed by atoms with Crippen LogP contribution in [0.5, 0.6) is 5.75 Å². The first-order valence-corrected chi connectivity index (χ1v) is 10.0. The molecule has 0 aromatic heterocycles. The number of hydrogen-bond acceptors (Lipinski definition) is 4. The van der Waals surface area contributed by atoms with E-state index in [4.69, 9.17) is 9.47 Å². The van der Waals surface area contributed by atoms with Gasteiger partial charge in [0.05, 0.1) is 24.2 Å². The number of hydrogen-bond donors (Lipinski definition) is 2. The van der Waals surface area contributed by atoms with Crippen LogP contribution in [0.3, 0.4) is 0 Å². The molecule has 1 saturated heterocycles. The number of aliphatic imine (C=N–C) groups is 1. The van der Waals surface area contributed by atoms with Crippen LogP contribution in [-0.2, 0) is 4.74 Å². The first kappa shape index (κ1) is 21.0. The summed E-state index contributed by atoms with van der Waals surface area (Å²) >= 11 is 3.51. The molecular formula is C19H31BrN4O2. The molecule has 0 radical (unpaired) electrons. The Morgan fingerprint density at radius 1 is 1.23 bits per heavy atom. The Hall–Kier alpha value is -1.31. The van der Waals surface area contributed by atoms with E-state index >= 15 is 0 Å². The Kier molecular flexibility index (Phi) is 9.22. The van der Waals surface area contributed by atoms with Crippen LogP contribution in [0.15, 0.2) is 33.7 Å². The fraction of sp³-hybridized carbons (Fsp3) is 0.632. The van der Waals surface area contributed by atoms with Gasteiger partial charge >= 0.3 is 0 Å². The summed E-state index contributed by atoms with van der Waals surface area (Å²) in [5.41, 5.74) is 0. The van der Waals surface area contributed by atoms with Crippen molar-refractivity contribution in [1.82, 2.24) is 15.5 Å². The normalized spacial score (nSPS) is 18.2. The summed E-state index contributed by atoms with van der Waals surface area (Å²) in [5.74, 6) is 2.20. The summed E-state index contributed by atoms with van der Waals surface area (Å²) in [7, 11) is 1.79. The van der Waals surface area contributed by atoms with Gasteiger partial charge in [0, 0.05) is 33.2 Å². The summed E-state index contributed by atoms with van der Waals surface area (Å²) < 4.78 is 12.3. The third-order valence-electron chi connectivity index (χ3n) is 4.24. The Bertz CT molecular complexity index is 564. The van der Waals surface area contributed by atoms with Crippen LogP contribution < -0.4 is 15.4 Å². The predicted molar refractivity (Wildman–Crippen MR) is 110 cm³/mol. The van der Waals surface area contributed by atoms with Gasteiger partial charge in [0.2, 0.25) is 0 Å². The molecule has 2 rings (SSSR count). The lowest BCUT2D eigenvalue weighted by molar-refractivity contribution is 0.0320. The molecule has 1 fully saturated rings. The van der Waals surface area contributed by atoms with E-state index in [1.54, 1.807) is 7.05 Å². The van der Waals surface area contributed by atoms with E-state index in [1.165, 1.54) is 0 Å². The Labute approximate surface area is 165 Å². The third kappa shape index (κ3) is 7.51. The van der Waals surface area contributed by atoms with Crippen LogP contribution >= 0.6 is 15.9 Å². The number of para-hydroxylation sites is 1. The number of morpholine rings is 1. The van der Waals surface area contributed by atoms with Crippen molar-refractivity contribution in [3.8, 4) is 5.75 Å². The standard InChI is InChI=1S/C19H31BrN4O2/c1-15(14-24-8-10-25-11-9-24)12-22-19(21-3)23-13-16(2)26-18-7-5-4-6-17(18)20/h4-7,15-16H,8-14H2,1-3H3,(H2,21,22,23). The van der Waals surface area contributed by atoms with Gasteiger partial charge in [-0.2, -0.15) is 0 Å². The first-order chi connectivity index (χ1) is 12.6. The van der Waals surface area contributed by atoms with Crippen LogP contribution in [0.1, 0.15) is 13.8 Å². The number of ether oxygens (including phenoxy) is 2. The molecule has 7 heteroatoms. The van der Waals surface area contributed by atoms with Crippen molar-refractivity contribution in [2.75, 3.05) is 53.0 Å². The van der Waals surface area contributed by atoms with E-state index in [-0.39, 0.29) is 6.10 Å². The minimum Gasteiger partial charge on any atom is -0.488 e. The Morgan fingerprint density at radius 2 is 1.92 bits per heavy atom. The summed E-state index contributed by atoms with van der Waals surface area (Å²) in [6.07, 6.45) is 0.0259. The van der Waals surface area contributed by atoms with Gasteiger partial charge in [-0.05, 0) is 40.9 Å². The zero-order valence-electron chi connectivity index (χ0n) is 16.0. The van der Waals surface area contributed by atoms with Crippen LogP contribution in [0.25, 0.3) is 0 Å². The van der Waals surface area contributed by atoms with E-state index < -0.39 is 0 Å². The van der Waals surface area contributed by atoms with Gasteiger partial charge in [0.25, 0.3) is 0 Å². The van der Waals surface area contributed by atoms with Gasteiger partial charge in [-0.15, -0.1) is 0 Å². The number of benzene rings is 1. The molecule has 0 aliphatic carbocycles. The summed E-state index contributed by atoms with van der Waals surface area (Å²) in [4.78, 5) is 6.76. The highest BCUT2D eigenvalue weighted by molar-refractivity contribution is 9.10. The Balaban J connectivity index is 1.67. The topological polar surface area (TPSA) is 58.1 Å². The van der Waals surface area contributed by atoms with Gasteiger partial charge in [0.1, 0.15) is 11.9 Å². The van der Waals surface area contributed by atoms with E-state index in [9.17, 15) is 0 Å². The molecule has 6 nitrogen and oxygen atoms in total. The molecule has 1 aromatic carbocycles. The average Bonchev–Trinajstić information content (AvgIpc) is 2.64. The number of nitrogens with one attached hydrogen (secondary N) is 2. The highest BCUT2D eigenvalue weighted by Gasteiger charge is 2.14. The number of halogens is 1. The van der Waals surface area contributed by atoms with Gasteiger partial charge in [-0.1, -0.05) is 19.1 Å². The number of rotatable bonds is 8.